The summed E-state index contributed by atoms with van der Waals surface area (Å²) >= 11 is 0. The molecule has 0 saturated heterocycles. The van der Waals surface area contributed by atoms with Gasteiger partial charge in [-0.1, -0.05) is 6.07 Å². The van der Waals surface area contributed by atoms with Crippen LogP contribution in [0.2, 0.25) is 0 Å². The minimum atomic E-state index is 0.242. The summed E-state index contributed by atoms with van der Waals surface area (Å²) in [5.41, 5.74) is 6.84. The van der Waals surface area contributed by atoms with Gasteiger partial charge in [0.25, 0.3) is 0 Å². The molecule has 1 rings (SSSR count). The van der Waals surface area contributed by atoms with Crippen LogP contribution in [0, 0.1) is 0 Å². The number of rotatable bonds is 9. The van der Waals surface area contributed by atoms with E-state index in [1.54, 1.807) is 14.2 Å². The van der Waals surface area contributed by atoms with Gasteiger partial charge in [-0.15, -0.1) is 0 Å². The molecule has 0 aliphatic rings. The lowest BCUT2D eigenvalue weighted by molar-refractivity contribution is 0.170. The fourth-order valence-electron chi connectivity index (χ4n) is 2.10. The lowest BCUT2D eigenvalue weighted by Gasteiger charge is -2.31. The smallest absolute Gasteiger partial charge is 0.132 e. The van der Waals surface area contributed by atoms with Crippen LogP contribution in [0.25, 0.3) is 0 Å². The Morgan fingerprint density at radius 3 is 2.79 bits per heavy atom. The Kier molecular flexibility index (Phi) is 7.40. The van der Waals surface area contributed by atoms with E-state index in [1.807, 2.05) is 12.3 Å². The minimum Gasteiger partial charge on any atom is -0.383 e. The monoisotopic (exact) mass is 267 g/mol. The van der Waals surface area contributed by atoms with Crippen molar-refractivity contribution in [3.8, 4) is 0 Å². The van der Waals surface area contributed by atoms with Crippen LogP contribution in [0.1, 0.15) is 12.5 Å². The van der Waals surface area contributed by atoms with Gasteiger partial charge in [-0.05, 0) is 31.5 Å². The summed E-state index contributed by atoms with van der Waals surface area (Å²) in [7, 11) is 3.42. The largest absolute Gasteiger partial charge is 0.383 e. The first kappa shape index (κ1) is 15.9. The predicted molar refractivity (Wildman–Crippen MR) is 77.6 cm³/mol. The molecule has 0 radical (unpaired) electrons. The van der Waals surface area contributed by atoms with Gasteiger partial charge in [0, 0.05) is 27.0 Å². The van der Waals surface area contributed by atoms with Crippen molar-refractivity contribution >= 4 is 5.82 Å². The molecular weight excluding hydrogens is 242 g/mol. The molecule has 0 amide bonds. The highest BCUT2D eigenvalue weighted by atomic mass is 16.5. The van der Waals surface area contributed by atoms with Gasteiger partial charge in [0.05, 0.1) is 19.3 Å². The number of aromatic nitrogens is 1. The molecule has 0 aliphatic carbocycles. The van der Waals surface area contributed by atoms with E-state index < -0.39 is 0 Å². The van der Waals surface area contributed by atoms with Gasteiger partial charge in [-0.3, -0.25) is 0 Å². The molecule has 5 nitrogen and oxygen atoms in total. The first-order valence-electron chi connectivity index (χ1n) is 6.63. The van der Waals surface area contributed by atoms with E-state index in [0.717, 1.165) is 18.8 Å². The van der Waals surface area contributed by atoms with Crippen molar-refractivity contribution in [3.63, 3.8) is 0 Å². The highest BCUT2D eigenvalue weighted by Gasteiger charge is 2.18. The summed E-state index contributed by atoms with van der Waals surface area (Å²) in [4.78, 5) is 6.73. The molecule has 19 heavy (non-hydrogen) atoms. The van der Waals surface area contributed by atoms with Crippen molar-refractivity contribution in [1.82, 2.24) is 4.98 Å². The molecule has 0 fully saturated rings. The van der Waals surface area contributed by atoms with Crippen LogP contribution in [0.3, 0.4) is 0 Å². The number of pyridine rings is 1. The lowest BCUT2D eigenvalue weighted by atomic mass is 10.1. The quantitative estimate of drug-likeness (QED) is 0.725. The first-order valence-corrected chi connectivity index (χ1v) is 6.63. The zero-order chi connectivity index (χ0) is 14.1. The van der Waals surface area contributed by atoms with E-state index in [1.165, 1.54) is 5.56 Å². The van der Waals surface area contributed by atoms with Crippen molar-refractivity contribution in [2.45, 2.75) is 19.4 Å². The van der Waals surface area contributed by atoms with Gasteiger partial charge in [-0.2, -0.15) is 0 Å². The minimum absolute atomic E-state index is 0.242. The molecule has 0 saturated carbocycles. The van der Waals surface area contributed by atoms with E-state index >= 15 is 0 Å². The Morgan fingerprint density at radius 1 is 1.37 bits per heavy atom. The molecule has 0 aliphatic heterocycles. The summed E-state index contributed by atoms with van der Waals surface area (Å²) in [6, 6.07) is 4.27. The Morgan fingerprint density at radius 2 is 2.16 bits per heavy atom. The molecule has 108 valence electrons. The zero-order valence-corrected chi connectivity index (χ0v) is 12.1. The number of methoxy groups -OCH3 is 2. The third kappa shape index (κ3) is 4.78. The maximum absolute atomic E-state index is 5.67. The van der Waals surface area contributed by atoms with Crippen LogP contribution < -0.4 is 10.6 Å². The molecule has 0 bridgehead atoms. The first-order chi connectivity index (χ1) is 9.24. The number of hydrogen-bond acceptors (Lipinski definition) is 5. The van der Waals surface area contributed by atoms with Crippen LogP contribution in [0.4, 0.5) is 5.82 Å². The Labute approximate surface area is 115 Å². The normalized spacial score (nSPS) is 12.4. The second-order valence-electron chi connectivity index (χ2n) is 4.52. The Hall–Kier alpha value is -1.17. The molecular formula is C14H25N3O2. The van der Waals surface area contributed by atoms with Crippen LogP contribution in [-0.4, -0.2) is 51.5 Å². The molecule has 0 aromatic carbocycles. The maximum Gasteiger partial charge on any atom is 0.132 e. The van der Waals surface area contributed by atoms with Crippen molar-refractivity contribution < 1.29 is 9.47 Å². The van der Waals surface area contributed by atoms with Gasteiger partial charge in [0.1, 0.15) is 5.82 Å². The van der Waals surface area contributed by atoms with Gasteiger partial charge in [0.2, 0.25) is 0 Å². The topological polar surface area (TPSA) is 60.6 Å². The highest BCUT2D eigenvalue weighted by molar-refractivity contribution is 5.47. The third-order valence-corrected chi connectivity index (χ3v) is 3.03. The fourth-order valence-corrected chi connectivity index (χ4v) is 2.10. The number of ether oxygens (including phenoxy) is 2. The maximum atomic E-state index is 5.67. The Bertz CT molecular complexity index is 360. The van der Waals surface area contributed by atoms with E-state index in [0.29, 0.717) is 19.8 Å². The van der Waals surface area contributed by atoms with Crippen molar-refractivity contribution in [2.24, 2.45) is 5.73 Å². The predicted octanol–water partition coefficient (Wildman–Crippen LogP) is 1.07. The zero-order valence-electron chi connectivity index (χ0n) is 12.1. The number of hydrogen-bond donors (Lipinski definition) is 1. The standard InChI is InChI=1S/C14H25N3O2/c1-12(11-19-3)17(9-10-18-2)14-13(6-7-15)5-4-8-16-14/h4-5,8,12H,6-7,9-11,15H2,1-3H3. The summed E-state index contributed by atoms with van der Waals surface area (Å²) in [5.74, 6) is 0.981. The van der Waals surface area contributed by atoms with Gasteiger partial charge in [0.15, 0.2) is 0 Å². The SMILES string of the molecule is COCCN(c1ncccc1CCN)C(C)COC. The second kappa shape index (κ2) is 8.85. The van der Waals surface area contributed by atoms with Crippen molar-refractivity contribution in [3.05, 3.63) is 23.9 Å². The van der Waals surface area contributed by atoms with E-state index in [9.17, 15) is 0 Å². The molecule has 1 heterocycles. The van der Waals surface area contributed by atoms with Gasteiger partial charge in [-0.25, -0.2) is 4.98 Å². The van der Waals surface area contributed by atoms with Crippen LogP contribution in [0.5, 0.6) is 0 Å². The second-order valence-corrected chi connectivity index (χ2v) is 4.52. The Balaban J connectivity index is 2.94. The highest BCUT2D eigenvalue weighted by Crippen LogP contribution is 2.20. The molecule has 1 unspecified atom stereocenters. The molecule has 1 aromatic heterocycles. The van der Waals surface area contributed by atoms with E-state index in [2.05, 4.69) is 22.9 Å². The van der Waals surface area contributed by atoms with Crippen molar-refractivity contribution in [1.29, 1.82) is 0 Å². The summed E-state index contributed by atoms with van der Waals surface area (Å²) in [6.45, 7) is 4.85. The molecule has 0 spiro atoms. The van der Waals surface area contributed by atoms with E-state index in [4.69, 9.17) is 15.2 Å². The average molecular weight is 267 g/mol. The van der Waals surface area contributed by atoms with E-state index in [-0.39, 0.29) is 6.04 Å². The number of anilines is 1. The molecule has 2 N–H and O–H groups in total. The molecule has 5 heteroatoms. The van der Waals surface area contributed by atoms with Gasteiger partial charge >= 0.3 is 0 Å². The lowest BCUT2D eigenvalue weighted by Crippen LogP contribution is -2.40. The van der Waals surface area contributed by atoms with Crippen LogP contribution >= 0.6 is 0 Å². The fraction of sp³-hybridized carbons (Fsp3) is 0.643. The summed E-state index contributed by atoms with van der Waals surface area (Å²) in [6.07, 6.45) is 2.64. The number of nitrogens with two attached hydrogens (primary N) is 1. The third-order valence-electron chi connectivity index (χ3n) is 3.03. The number of nitrogens with zero attached hydrogens (tertiary/aromatic N) is 2. The van der Waals surface area contributed by atoms with Crippen molar-refractivity contribution in [2.75, 3.05) is 45.4 Å². The summed E-state index contributed by atoms with van der Waals surface area (Å²) < 4.78 is 10.4. The molecule has 1 atom stereocenters. The van der Waals surface area contributed by atoms with Crippen LogP contribution in [-0.2, 0) is 15.9 Å². The van der Waals surface area contributed by atoms with Crippen LogP contribution in [0.15, 0.2) is 18.3 Å². The average Bonchev–Trinajstić information content (AvgIpc) is 2.41. The molecule has 1 aromatic rings. The summed E-state index contributed by atoms with van der Waals surface area (Å²) in [5, 5.41) is 0. The van der Waals surface area contributed by atoms with Gasteiger partial charge < -0.3 is 20.1 Å².